The molecule has 0 amide bonds. The van der Waals surface area contributed by atoms with E-state index in [1.165, 1.54) is 70.6 Å². The standard InChI is InChI=1S/C27H48O/c1-3-5-7-9-11-12-13-14-15-16-17-18-20-22-24-26-27(28)25-23-21-19-10-8-6-4-2/h5,7,11-12,14-15H,3-4,6,8-10,13,16-26H2,1-2H3/b7-5-,12-11-,15-14-. The number of hydrogen-bond acceptors (Lipinski definition) is 1. The summed E-state index contributed by atoms with van der Waals surface area (Å²) in [6.07, 6.45) is 34.9. The molecule has 1 nitrogen and oxygen atoms in total. The number of ketones is 1. The second-order valence-electron chi connectivity index (χ2n) is 8.01. The van der Waals surface area contributed by atoms with Gasteiger partial charge in [-0.2, -0.15) is 0 Å². The van der Waals surface area contributed by atoms with Crippen LogP contribution >= 0.6 is 0 Å². The highest BCUT2D eigenvalue weighted by atomic mass is 16.1. The lowest BCUT2D eigenvalue weighted by Gasteiger charge is -2.02. The van der Waals surface area contributed by atoms with Crippen molar-refractivity contribution in [1.29, 1.82) is 0 Å². The van der Waals surface area contributed by atoms with Crippen molar-refractivity contribution in [3.63, 3.8) is 0 Å². The average Bonchev–Trinajstić information content (AvgIpc) is 2.70. The van der Waals surface area contributed by atoms with Gasteiger partial charge in [0.15, 0.2) is 0 Å². The molecular weight excluding hydrogens is 340 g/mol. The number of allylic oxidation sites excluding steroid dienone is 6. The highest BCUT2D eigenvalue weighted by molar-refractivity contribution is 5.78. The predicted octanol–water partition coefficient (Wildman–Crippen LogP) is 9.29. The Morgan fingerprint density at radius 3 is 1.57 bits per heavy atom. The van der Waals surface area contributed by atoms with E-state index in [0.717, 1.165) is 44.9 Å². The molecule has 0 saturated carbocycles. The third-order valence-corrected chi connectivity index (χ3v) is 5.17. The summed E-state index contributed by atoms with van der Waals surface area (Å²) in [6.45, 7) is 4.42. The maximum atomic E-state index is 11.9. The minimum atomic E-state index is 0.495. The summed E-state index contributed by atoms with van der Waals surface area (Å²) >= 11 is 0. The van der Waals surface area contributed by atoms with E-state index in [0.29, 0.717) is 5.78 Å². The molecular formula is C27H48O. The summed E-state index contributed by atoms with van der Waals surface area (Å²) in [6, 6.07) is 0. The minimum absolute atomic E-state index is 0.495. The molecule has 0 radical (unpaired) electrons. The van der Waals surface area contributed by atoms with Gasteiger partial charge in [-0.15, -0.1) is 0 Å². The van der Waals surface area contributed by atoms with Crippen LogP contribution in [-0.2, 0) is 4.79 Å². The maximum absolute atomic E-state index is 11.9. The molecule has 0 aliphatic carbocycles. The van der Waals surface area contributed by atoms with Gasteiger partial charge in [-0.05, 0) is 44.9 Å². The van der Waals surface area contributed by atoms with Crippen molar-refractivity contribution < 1.29 is 4.79 Å². The lowest BCUT2D eigenvalue weighted by atomic mass is 10.0. The van der Waals surface area contributed by atoms with E-state index < -0.39 is 0 Å². The molecule has 0 saturated heterocycles. The van der Waals surface area contributed by atoms with Crippen LogP contribution in [0.1, 0.15) is 129 Å². The van der Waals surface area contributed by atoms with Crippen LogP contribution < -0.4 is 0 Å². The van der Waals surface area contributed by atoms with Crippen molar-refractivity contribution in [2.75, 3.05) is 0 Å². The molecule has 1 heteroatoms. The van der Waals surface area contributed by atoms with Crippen molar-refractivity contribution in [2.45, 2.75) is 129 Å². The van der Waals surface area contributed by atoms with E-state index in [4.69, 9.17) is 0 Å². The third-order valence-electron chi connectivity index (χ3n) is 5.17. The number of Topliss-reactive ketones (excluding diaryl/α,β-unsaturated/α-hetero) is 1. The Kier molecular flexibility index (Phi) is 23.0. The van der Waals surface area contributed by atoms with E-state index in [9.17, 15) is 4.79 Å². The first-order chi connectivity index (χ1) is 13.8. The summed E-state index contributed by atoms with van der Waals surface area (Å²) in [4.78, 5) is 11.9. The SMILES string of the molecule is CC/C=C\C/C=C\C/C=C\CCCCCCCC(=O)CCCCCCCCC. The molecule has 0 atom stereocenters. The fourth-order valence-corrected chi connectivity index (χ4v) is 3.35. The average molecular weight is 389 g/mol. The molecule has 0 aliphatic heterocycles. The Morgan fingerprint density at radius 1 is 0.536 bits per heavy atom. The van der Waals surface area contributed by atoms with Gasteiger partial charge in [-0.1, -0.05) is 108 Å². The summed E-state index contributed by atoms with van der Waals surface area (Å²) < 4.78 is 0. The molecule has 0 unspecified atom stereocenters. The second-order valence-corrected chi connectivity index (χ2v) is 8.01. The molecule has 0 aliphatic rings. The number of unbranched alkanes of at least 4 members (excludes halogenated alkanes) is 11. The van der Waals surface area contributed by atoms with Gasteiger partial charge in [-0.25, -0.2) is 0 Å². The van der Waals surface area contributed by atoms with Crippen LogP contribution in [0.25, 0.3) is 0 Å². The van der Waals surface area contributed by atoms with E-state index in [1.54, 1.807) is 0 Å². The number of hydrogen-bond donors (Lipinski definition) is 0. The minimum Gasteiger partial charge on any atom is -0.300 e. The Balaban J connectivity index is 3.28. The molecule has 0 rings (SSSR count). The first kappa shape index (κ1) is 26.9. The zero-order valence-corrected chi connectivity index (χ0v) is 19.1. The Morgan fingerprint density at radius 2 is 1.00 bits per heavy atom. The smallest absolute Gasteiger partial charge is 0.132 e. The summed E-state index contributed by atoms with van der Waals surface area (Å²) in [5, 5.41) is 0. The molecule has 0 bridgehead atoms. The normalized spacial score (nSPS) is 12.1. The molecule has 0 aromatic heterocycles. The zero-order valence-electron chi connectivity index (χ0n) is 19.1. The van der Waals surface area contributed by atoms with Gasteiger partial charge in [-0.3, -0.25) is 4.79 Å². The molecule has 0 aromatic rings. The topological polar surface area (TPSA) is 17.1 Å². The molecule has 0 aromatic carbocycles. The lowest BCUT2D eigenvalue weighted by molar-refractivity contribution is -0.119. The monoisotopic (exact) mass is 388 g/mol. The van der Waals surface area contributed by atoms with Gasteiger partial charge < -0.3 is 0 Å². The van der Waals surface area contributed by atoms with E-state index >= 15 is 0 Å². The van der Waals surface area contributed by atoms with E-state index in [2.05, 4.69) is 50.3 Å². The molecule has 28 heavy (non-hydrogen) atoms. The first-order valence-corrected chi connectivity index (χ1v) is 12.3. The fraction of sp³-hybridized carbons (Fsp3) is 0.741. The number of carbonyl (C=O) groups excluding carboxylic acids is 1. The largest absolute Gasteiger partial charge is 0.300 e. The van der Waals surface area contributed by atoms with Crippen molar-refractivity contribution in [3.05, 3.63) is 36.5 Å². The van der Waals surface area contributed by atoms with Gasteiger partial charge >= 0.3 is 0 Å². The highest BCUT2D eigenvalue weighted by Gasteiger charge is 2.01. The molecule has 0 N–H and O–H groups in total. The third kappa shape index (κ3) is 22.9. The van der Waals surface area contributed by atoms with Gasteiger partial charge in [0, 0.05) is 12.8 Å². The van der Waals surface area contributed by atoms with Gasteiger partial charge in [0.2, 0.25) is 0 Å². The fourth-order valence-electron chi connectivity index (χ4n) is 3.35. The Labute approximate surface area is 176 Å². The van der Waals surface area contributed by atoms with Crippen molar-refractivity contribution in [2.24, 2.45) is 0 Å². The first-order valence-electron chi connectivity index (χ1n) is 12.3. The number of rotatable bonds is 21. The predicted molar refractivity (Wildman–Crippen MR) is 127 cm³/mol. The van der Waals surface area contributed by atoms with Crippen molar-refractivity contribution in [3.8, 4) is 0 Å². The van der Waals surface area contributed by atoms with Gasteiger partial charge in [0.05, 0.1) is 0 Å². The van der Waals surface area contributed by atoms with E-state index in [-0.39, 0.29) is 0 Å². The summed E-state index contributed by atoms with van der Waals surface area (Å²) in [5.74, 6) is 0.495. The van der Waals surface area contributed by atoms with Crippen LogP contribution in [0.3, 0.4) is 0 Å². The molecule has 0 fully saturated rings. The highest BCUT2D eigenvalue weighted by Crippen LogP contribution is 2.12. The Hall–Kier alpha value is -1.11. The van der Waals surface area contributed by atoms with Gasteiger partial charge in [0.25, 0.3) is 0 Å². The van der Waals surface area contributed by atoms with Crippen LogP contribution in [-0.4, -0.2) is 5.78 Å². The van der Waals surface area contributed by atoms with Crippen LogP contribution in [0.4, 0.5) is 0 Å². The van der Waals surface area contributed by atoms with Crippen LogP contribution in [0, 0.1) is 0 Å². The van der Waals surface area contributed by atoms with E-state index in [1.807, 2.05) is 0 Å². The quantitative estimate of drug-likeness (QED) is 0.141. The van der Waals surface area contributed by atoms with Crippen LogP contribution in [0.15, 0.2) is 36.5 Å². The summed E-state index contributed by atoms with van der Waals surface area (Å²) in [5.41, 5.74) is 0. The maximum Gasteiger partial charge on any atom is 0.132 e. The second kappa shape index (κ2) is 23.9. The van der Waals surface area contributed by atoms with Gasteiger partial charge in [0.1, 0.15) is 5.78 Å². The molecule has 0 spiro atoms. The van der Waals surface area contributed by atoms with Crippen LogP contribution in [0.2, 0.25) is 0 Å². The molecule has 162 valence electrons. The Bertz CT molecular complexity index is 402. The lowest BCUT2D eigenvalue weighted by Crippen LogP contribution is -1.97. The van der Waals surface area contributed by atoms with Crippen LogP contribution in [0.5, 0.6) is 0 Å². The summed E-state index contributed by atoms with van der Waals surface area (Å²) in [7, 11) is 0. The van der Waals surface area contributed by atoms with Crippen molar-refractivity contribution in [1.82, 2.24) is 0 Å². The van der Waals surface area contributed by atoms with Crippen molar-refractivity contribution >= 4 is 5.78 Å². The number of carbonyl (C=O) groups is 1. The zero-order chi connectivity index (χ0) is 20.5. The molecule has 0 heterocycles.